The first-order valence-corrected chi connectivity index (χ1v) is 7.12. The van der Waals surface area contributed by atoms with Crippen molar-refractivity contribution in [3.63, 3.8) is 0 Å². The Hall–Kier alpha value is -1.72. The summed E-state index contributed by atoms with van der Waals surface area (Å²) in [4.78, 5) is 8.53. The summed E-state index contributed by atoms with van der Waals surface area (Å²) >= 11 is 9.75. The zero-order valence-corrected chi connectivity index (χ0v) is 12.5. The predicted molar refractivity (Wildman–Crippen MR) is 79.4 cm³/mol. The lowest BCUT2D eigenvalue weighted by atomic mass is 10.1. The average molecular weight is 351 g/mol. The van der Waals surface area contributed by atoms with Crippen LogP contribution in [0.15, 0.2) is 57.7 Å². The summed E-state index contributed by atoms with van der Waals surface area (Å²) in [5.74, 6) is 0.763. The Morgan fingerprint density at radius 3 is 2.65 bits per heavy atom. The Kier molecular flexibility index (Phi) is 3.80. The van der Waals surface area contributed by atoms with E-state index in [0.29, 0.717) is 17.4 Å². The van der Waals surface area contributed by atoms with E-state index in [9.17, 15) is 0 Å². The Morgan fingerprint density at radius 2 is 1.90 bits per heavy atom. The molecule has 0 saturated heterocycles. The molecule has 2 heterocycles. The Bertz CT molecular complexity index is 717. The highest BCUT2D eigenvalue weighted by molar-refractivity contribution is 9.10. The molecule has 3 rings (SSSR count). The molecule has 1 atom stereocenters. The number of aromatic nitrogens is 3. The van der Waals surface area contributed by atoms with Gasteiger partial charge in [-0.2, -0.15) is 4.98 Å². The van der Waals surface area contributed by atoms with Gasteiger partial charge < -0.3 is 4.52 Å². The third-order valence-electron chi connectivity index (χ3n) is 2.72. The number of benzene rings is 1. The van der Waals surface area contributed by atoms with Crippen LogP contribution in [0.5, 0.6) is 0 Å². The third-order valence-corrected chi connectivity index (χ3v) is 3.80. The molecule has 0 fully saturated rings. The second kappa shape index (κ2) is 5.73. The van der Waals surface area contributed by atoms with Crippen molar-refractivity contribution in [2.75, 3.05) is 0 Å². The summed E-state index contributed by atoms with van der Waals surface area (Å²) in [6.45, 7) is 0. The fraction of sp³-hybridized carbons (Fsp3) is 0.0714. The van der Waals surface area contributed by atoms with E-state index in [-0.39, 0.29) is 0 Å². The van der Waals surface area contributed by atoms with E-state index in [1.54, 1.807) is 6.20 Å². The maximum absolute atomic E-state index is 6.34. The molecule has 0 radical (unpaired) electrons. The van der Waals surface area contributed by atoms with Gasteiger partial charge in [0.1, 0.15) is 11.1 Å². The summed E-state index contributed by atoms with van der Waals surface area (Å²) < 4.78 is 6.04. The van der Waals surface area contributed by atoms with E-state index in [2.05, 4.69) is 31.1 Å². The van der Waals surface area contributed by atoms with Crippen molar-refractivity contribution in [1.29, 1.82) is 0 Å². The number of alkyl halides is 1. The van der Waals surface area contributed by atoms with Crippen molar-refractivity contribution in [3.05, 3.63) is 64.6 Å². The molecule has 100 valence electrons. The fourth-order valence-corrected chi connectivity index (χ4v) is 2.42. The number of nitrogens with zero attached hydrogens (tertiary/aromatic N) is 3. The second-order valence-electron chi connectivity index (χ2n) is 4.06. The van der Waals surface area contributed by atoms with Crippen LogP contribution in [-0.4, -0.2) is 15.1 Å². The number of hydrogen-bond acceptors (Lipinski definition) is 4. The van der Waals surface area contributed by atoms with Crippen molar-refractivity contribution >= 4 is 27.5 Å². The molecule has 1 aromatic carbocycles. The van der Waals surface area contributed by atoms with E-state index in [1.165, 1.54) is 0 Å². The molecule has 0 amide bonds. The van der Waals surface area contributed by atoms with Crippen LogP contribution in [0.4, 0.5) is 0 Å². The van der Waals surface area contributed by atoms with Crippen LogP contribution in [-0.2, 0) is 0 Å². The van der Waals surface area contributed by atoms with Gasteiger partial charge in [0.15, 0.2) is 0 Å². The van der Waals surface area contributed by atoms with E-state index in [0.717, 1.165) is 10.0 Å². The molecule has 0 aliphatic rings. The average Bonchev–Trinajstić information content (AvgIpc) is 2.97. The van der Waals surface area contributed by atoms with Crippen LogP contribution in [0.3, 0.4) is 0 Å². The van der Waals surface area contributed by atoms with E-state index < -0.39 is 5.38 Å². The fourth-order valence-electron chi connectivity index (χ4n) is 1.75. The molecule has 6 heteroatoms. The van der Waals surface area contributed by atoms with Crippen molar-refractivity contribution in [2.24, 2.45) is 0 Å². The van der Waals surface area contributed by atoms with Crippen LogP contribution >= 0.6 is 27.5 Å². The Balaban J connectivity index is 1.93. The van der Waals surface area contributed by atoms with Crippen LogP contribution in [0.1, 0.15) is 16.8 Å². The standard InChI is InChI=1S/C14H9BrClN3O/c15-10-7-4-8-17-12(10)13-18-14(20-19-13)11(16)9-5-2-1-3-6-9/h1-8,11H. The van der Waals surface area contributed by atoms with Crippen LogP contribution in [0.2, 0.25) is 0 Å². The Morgan fingerprint density at radius 1 is 1.10 bits per heavy atom. The normalized spacial score (nSPS) is 12.3. The minimum absolute atomic E-state index is 0.352. The zero-order valence-electron chi connectivity index (χ0n) is 10.2. The molecular formula is C14H9BrClN3O. The minimum Gasteiger partial charge on any atom is -0.337 e. The molecule has 0 spiro atoms. The number of pyridine rings is 1. The Labute approximate surface area is 128 Å². The molecule has 0 bridgehead atoms. The van der Waals surface area contributed by atoms with Crippen molar-refractivity contribution in [3.8, 4) is 11.5 Å². The third kappa shape index (κ3) is 2.59. The number of halogens is 2. The van der Waals surface area contributed by atoms with Gasteiger partial charge in [-0.05, 0) is 33.6 Å². The predicted octanol–water partition coefficient (Wildman–Crippen LogP) is 4.22. The van der Waals surface area contributed by atoms with Crippen LogP contribution in [0, 0.1) is 0 Å². The molecule has 0 aliphatic heterocycles. The topological polar surface area (TPSA) is 51.8 Å². The number of hydrogen-bond donors (Lipinski definition) is 0. The van der Waals surface area contributed by atoms with Crippen molar-refractivity contribution in [1.82, 2.24) is 15.1 Å². The van der Waals surface area contributed by atoms with E-state index in [1.807, 2.05) is 42.5 Å². The van der Waals surface area contributed by atoms with Crippen LogP contribution < -0.4 is 0 Å². The summed E-state index contributed by atoms with van der Waals surface area (Å²) in [6, 6.07) is 13.3. The molecule has 0 N–H and O–H groups in total. The quantitative estimate of drug-likeness (QED) is 0.664. The van der Waals surface area contributed by atoms with Gasteiger partial charge >= 0.3 is 0 Å². The molecule has 0 aliphatic carbocycles. The smallest absolute Gasteiger partial charge is 0.249 e. The van der Waals surface area contributed by atoms with E-state index >= 15 is 0 Å². The van der Waals surface area contributed by atoms with Crippen molar-refractivity contribution < 1.29 is 4.52 Å². The lowest BCUT2D eigenvalue weighted by molar-refractivity contribution is 0.383. The molecule has 1 unspecified atom stereocenters. The molecular weight excluding hydrogens is 342 g/mol. The van der Waals surface area contributed by atoms with Gasteiger partial charge in [-0.1, -0.05) is 35.5 Å². The number of rotatable bonds is 3. The van der Waals surface area contributed by atoms with Crippen LogP contribution in [0.25, 0.3) is 11.5 Å². The maximum Gasteiger partial charge on any atom is 0.249 e. The highest BCUT2D eigenvalue weighted by Gasteiger charge is 2.20. The van der Waals surface area contributed by atoms with Gasteiger partial charge in [0.25, 0.3) is 0 Å². The molecule has 0 saturated carbocycles. The van der Waals surface area contributed by atoms with Gasteiger partial charge in [0.2, 0.25) is 11.7 Å². The molecule has 3 aromatic rings. The molecule has 20 heavy (non-hydrogen) atoms. The van der Waals surface area contributed by atoms with E-state index in [4.69, 9.17) is 16.1 Å². The van der Waals surface area contributed by atoms with Gasteiger partial charge in [-0.3, -0.25) is 4.98 Å². The summed E-state index contributed by atoms with van der Waals surface area (Å²) in [5.41, 5.74) is 1.53. The highest BCUT2D eigenvalue weighted by atomic mass is 79.9. The van der Waals surface area contributed by atoms with Gasteiger partial charge in [0.05, 0.1) is 0 Å². The summed E-state index contributed by atoms with van der Waals surface area (Å²) in [7, 11) is 0. The minimum atomic E-state index is -0.472. The first-order chi connectivity index (χ1) is 9.75. The second-order valence-corrected chi connectivity index (χ2v) is 5.35. The summed E-state index contributed by atoms with van der Waals surface area (Å²) in [5, 5.41) is 3.46. The van der Waals surface area contributed by atoms with Gasteiger partial charge in [-0.25, -0.2) is 0 Å². The largest absolute Gasteiger partial charge is 0.337 e. The molecule has 2 aromatic heterocycles. The SMILES string of the molecule is ClC(c1ccccc1)c1nc(-c2ncccc2Br)no1. The molecule has 4 nitrogen and oxygen atoms in total. The first kappa shape index (κ1) is 13.3. The van der Waals surface area contributed by atoms with Crippen molar-refractivity contribution in [2.45, 2.75) is 5.38 Å². The highest BCUT2D eigenvalue weighted by Crippen LogP contribution is 2.30. The maximum atomic E-state index is 6.34. The summed E-state index contributed by atoms with van der Waals surface area (Å²) in [6.07, 6.45) is 1.67. The van der Waals surface area contributed by atoms with Gasteiger partial charge in [-0.15, -0.1) is 11.6 Å². The lowest BCUT2D eigenvalue weighted by Crippen LogP contribution is -1.93. The first-order valence-electron chi connectivity index (χ1n) is 5.89. The van der Waals surface area contributed by atoms with Gasteiger partial charge in [0, 0.05) is 10.7 Å². The zero-order chi connectivity index (χ0) is 13.9. The lowest BCUT2D eigenvalue weighted by Gasteiger charge is -2.03. The monoisotopic (exact) mass is 349 g/mol.